The minimum atomic E-state index is 0.0283. The second kappa shape index (κ2) is 6.78. The molecule has 6 heteroatoms. The van der Waals surface area contributed by atoms with Crippen molar-refractivity contribution in [1.82, 2.24) is 4.90 Å². The summed E-state index contributed by atoms with van der Waals surface area (Å²) >= 11 is 6.72. The van der Waals surface area contributed by atoms with Gasteiger partial charge in [-0.05, 0) is 28.9 Å². The van der Waals surface area contributed by atoms with Crippen molar-refractivity contribution in [2.75, 3.05) is 19.8 Å². The first-order chi connectivity index (χ1) is 7.91. The van der Waals surface area contributed by atoms with Gasteiger partial charge in [-0.2, -0.15) is 0 Å². The number of nitrogens with zero attached hydrogens (tertiary/aromatic N) is 1. The van der Waals surface area contributed by atoms with Gasteiger partial charge in [-0.15, -0.1) is 23.1 Å². The Kier molecular flexibility index (Phi) is 5.99. The maximum absolute atomic E-state index is 11.6. The number of carbonyl (C=O) groups excluding carboxylic acids is 1. The maximum Gasteiger partial charge on any atom is 0.232 e. The Balaban J connectivity index is 2.65. The molecule has 1 rings (SSSR count). The van der Waals surface area contributed by atoms with Gasteiger partial charge in [0, 0.05) is 34.9 Å². The van der Waals surface area contributed by atoms with Crippen LogP contribution in [0.1, 0.15) is 17.1 Å². The molecule has 2 unspecified atom stereocenters. The van der Waals surface area contributed by atoms with E-state index in [1.165, 1.54) is 4.88 Å². The van der Waals surface area contributed by atoms with Crippen molar-refractivity contribution in [2.45, 2.75) is 18.2 Å². The highest BCUT2D eigenvalue weighted by atomic mass is 79.9. The number of carbonyl (C=O) groups is 1. The second-order valence-corrected chi connectivity index (χ2v) is 7.03. The van der Waals surface area contributed by atoms with Crippen LogP contribution in [0.2, 0.25) is 0 Å². The third-order valence-corrected chi connectivity index (χ3v) is 5.61. The standard InChI is InChI=1S/C11H17BrN2OS2/c1-7(13)11(9-4-8(12)5-16-9)17-6-10(15)14(2)3/h4-5,7,11H,6,13H2,1-3H3. The molecule has 0 aromatic carbocycles. The highest BCUT2D eigenvalue weighted by Crippen LogP contribution is 2.36. The molecule has 2 atom stereocenters. The Morgan fingerprint density at radius 3 is 2.71 bits per heavy atom. The zero-order valence-electron chi connectivity index (χ0n) is 10.1. The first kappa shape index (κ1) is 15.0. The van der Waals surface area contributed by atoms with Crippen LogP contribution in [-0.4, -0.2) is 36.7 Å². The van der Waals surface area contributed by atoms with Crippen molar-refractivity contribution in [2.24, 2.45) is 5.73 Å². The summed E-state index contributed by atoms with van der Waals surface area (Å²) in [7, 11) is 3.54. The SMILES string of the molecule is CC(N)C(SCC(=O)N(C)C)c1cc(Br)cs1. The average Bonchev–Trinajstić information content (AvgIpc) is 2.64. The van der Waals surface area contributed by atoms with Gasteiger partial charge in [-0.3, -0.25) is 4.79 Å². The quantitative estimate of drug-likeness (QED) is 0.899. The minimum Gasteiger partial charge on any atom is -0.348 e. The lowest BCUT2D eigenvalue weighted by molar-refractivity contribution is -0.125. The number of hydrogen-bond acceptors (Lipinski definition) is 4. The number of hydrogen-bond donors (Lipinski definition) is 1. The fourth-order valence-electron chi connectivity index (χ4n) is 1.26. The van der Waals surface area contributed by atoms with Crippen molar-refractivity contribution >= 4 is 44.9 Å². The van der Waals surface area contributed by atoms with Gasteiger partial charge in [0.25, 0.3) is 0 Å². The highest BCUT2D eigenvalue weighted by Gasteiger charge is 2.20. The molecule has 0 aliphatic rings. The van der Waals surface area contributed by atoms with Crippen molar-refractivity contribution in [3.05, 3.63) is 20.8 Å². The lowest BCUT2D eigenvalue weighted by Crippen LogP contribution is -2.27. The Labute approximate surface area is 119 Å². The second-order valence-electron chi connectivity index (χ2n) is 4.05. The summed E-state index contributed by atoms with van der Waals surface area (Å²) in [5.74, 6) is 0.589. The number of nitrogens with two attached hydrogens (primary N) is 1. The molecule has 0 radical (unpaired) electrons. The molecule has 17 heavy (non-hydrogen) atoms. The van der Waals surface area contributed by atoms with Crippen LogP contribution >= 0.6 is 39.0 Å². The molecule has 96 valence electrons. The number of thiophene rings is 1. The number of halogens is 1. The van der Waals surface area contributed by atoms with Crippen molar-refractivity contribution in [3.63, 3.8) is 0 Å². The van der Waals surface area contributed by atoms with E-state index in [-0.39, 0.29) is 17.2 Å². The Morgan fingerprint density at radius 1 is 1.65 bits per heavy atom. The average molecular weight is 337 g/mol. The predicted octanol–water partition coefficient (Wildman–Crippen LogP) is 2.72. The molecule has 1 heterocycles. The van der Waals surface area contributed by atoms with Gasteiger partial charge in [-0.25, -0.2) is 0 Å². The van der Waals surface area contributed by atoms with Crippen LogP contribution in [0.3, 0.4) is 0 Å². The molecule has 0 saturated carbocycles. The first-order valence-electron chi connectivity index (χ1n) is 5.23. The molecule has 2 N–H and O–H groups in total. The molecule has 0 aliphatic carbocycles. The van der Waals surface area contributed by atoms with Gasteiger partial charge < -0.3 is 10.6 Å². The van der Waals surface area contributed by atoms with E-state index in [1.807, 2.05) is 12.3 Å². The van der Waals surface area contributed by atoms with Gasteiger partial charge in [0.15, 0.2) is 0 Å². The van der Waals surface area contributed by atoms with Crippen molar-refractivity contribution in [3.8, 4) is 0 Å². The monoisotopic (exact) mass is 336 g/mol. The van der Waals surface area contributed by atoms with Crippen LogP contribution in [0.25, 0.3) is 0 Å². The molecule has 0 saturated heterocycles. The van der Waals surface area contributed by atoms with E-state index in [2.05, 4.69) is 22.0 Å². The van der Waals surface area contributed by atoms with E-state index in [4.69, 9.17) is 5.73 Å². The molecule has 0 aliphatic heterocycles. The first-order valence-corrected chi connectivity index (χ1v) is 7.95. The van der Waals surface area contributed by atoms with Crippen LogP contribution < -0.4 is 5.73 Å². The normalized spacial score (nSPS) is 14.4. The molecule has 1 aromatic rings. The smallest absolute Gasteiger partial charge is 0.232 e. The summed E-state index contributed by atoms with van der Waals surface area (Å²) < 4.78 is 1.07. The maximum atomic E-state index is 11.6. The van der Waals surface area contributed by atoms with E-state index >= 15 is 0 Å². The van der Waals surface area contributed by atoms with Gasteiger partial charge in [0.1, 0.15) is 0 Å². The summed E-state index contributed by atoms with van der Waals surface area (Å²) in [4.78, 5) is 14.4. The van der Waals surface area contributed by atoms with Crippen molar-refractivity contribution in [1.29, 1.82) is 0 Å². The predicted molar refractivity (Wildman–Crippen MR) is 79.6 cm³/mol. The zero-order valence-corrected chi connectivity index (χ0v) is 13.4. The van der Waals surface area contributed by atoms with Crippen LogP contribution in [0.15, 0.2) is 15.9 Å². The molecule has 0 fully saturated rings. The molecule has 3 nitrogen and oxygen atoms in total. The Morgan fingerprint density at radius 2 is 2.29 bits per heavy atom. The summed E-state index contributed by atoms with van der Waals surface area (Å²) in [6.07, 6.45) is 0. The number of thioether (sulfide) groups is 1. The summed E-state index contributed by atoms with van der Waals surface area (Å²) in [5, 5.41) is 2.22. The highest BCUT2D eigenvalue weighted by molar-refractivity contribution is 9.10. The van der Waals surface area contributed by atoms with Gasteiger partial charge in [0.05, 0.1) is 11.0 Å². The van der Waals surface area contributed by atoms with E-state index < -0.39 is 0 Å². The minimum absolute atomic E-state index is 0.0283. The number of rotatable bonds is 5. The summed E-state index contributed by atoms with van der Waals surface area (Å²) in [6, 6.07) is 2.10. The van der Waals surface area contributed by atoms with Gasteiger partial charge in [-0.1, -0.05) is 0 Å². The number of amides is 1. The molecule has 0 bridgehead atoms. The summed E-state index contributed by atoms with van der Waals surface area (Å²) in [6.45, 7) is 1.98. The lowest BCUT2D eigenvalue weighted by atomic mass is 10.2. The van der Waals surface area contributed by atoms with Crippen LogP contribution in [0.4, 0.5) is 0 Å². The van der Waals surface area contributed by atoms with E-state index in [0.29, 0.717) is 5.75 Å². The van der Waals surface area contributed by atoms with Crippen LogP contribution in [0.5, 0.6) is 0 Å². The van der Waals surface area contributed by atoms with Gasteiger partial charge in [0.2, 0.25) is 5.91 Å². The fraction of sp³-hybridized carbons (Fsp3) is 0.545. The van der Waals surface area contributed by atoms with E-state index in [0.717, 1.165) is 4.47 Å². The zero-order chi connectivity index (χ0) is 13.0. The fourth-order valence-corrected chi connectivity index (χ4v) is 4.29. The molecule has 0 spiro atoms. The van der Waals surface area contributed by atoms with Crippen molar-refractivity contribution < 1.29 is 4.79 Å². The molecular weight excluding hydrogens is 320 g/mol. The third-order valence-electron chi connectivity index (χ3n) is 2.23. The van der Waals surface area contributed by atoms with E-state index in [9.17, 15) is 4.79 Å². The largest absolute Gasteiger partial charge is 0.348 e. The van der Waals surface area contributed by atoms with E-state index in [1.54, 1.807) is 42.1 Å². The Hall–Kier alpha value is -0.0400. The Bertz CT molecular complexity index is 379. The topological polar surface area (TPSA) is 46.3 Å². The molecule has 1 aromatic heterocycles. The lowest BCUT2D eigenvalue weighted by Gasteiger charge is -2.19. The molecule has 1 amide bonds. The van der Waals surface area contributed by atoms with Crippen LogP contribution in [0, 0.1) is 0 Å². The van der Waals surface area contributed by atoms with Gasteiger partial charge >= 0.3 is 0 Å². The third kappa shape index (κ3) is 4.62. The molecular formula is C11H17BrN2OS2. The van der Waals surface area contributed by atoms with Crippen LogP contribution in [-0.2, 0) is 4.79 Å². The summed E-state index contributed by atoms with van der Waals surface area (Å²) in [5.41, 5.74) is 5.99.